The molecule has 10 heteroatoms. The molecule has 162 valence electrons. The van der Waals surface area contributed by atoms with Crippen molar-refractivity contribution in [3.63, 3.8) is 0 Å². The summed E-state index contributed by atoms with van der Waals surface area (Å²) in [5, 5.41) is 22.4. The topological polar surface area (TPSA) is 108 Å². The lowest BCUT2D eigenvalue weighted by molar-refractivity contribution is -0.390. The van der Waals surface area contributed by atoms with Crippen LogP contribution in [0, 0.1) is 10.1 Å². The minimum absolute atomic E-state index is 0.138. The molecule has 2 aromatic carbocycles. The second kappa shape index (κ2) is 9.56. The third-order valence-electron chi connectivity index (χ3n) is 4.77. The Morgan fingerprint density at radius 1 is 1.03 bits per heavy atom. The lowest BCUT2D eigenvalue weighted by atomic mass is 10.1. The summed E-state index contributed by atoms with van der Waals surface area (Å²) < 4.78 is 3.46. The Balaban J connectivity index is 1.46. The lowest BCUT2D eigenvalue weighted by Gasteiger charge is -2.05. The van der Waals surface area contributed by atoms with Crippen LogP contribution in [0.3, 0.4) is 0 Å². The van der Waals surface area contributed by atoms with Crippen LogP contribution in [0.4, 0.5) is 5.82 Å². The predicted molar refractivity (Wildman–Crippen MR) is 122 cm³/mol. The van der Waals surface area contributed by atoms with Crippen LogP contribution in [-0.2, 0) is 17.9 Å². The Morgan fingerprint density at radius 2 is 1.72 bits per heavy atom. The zero-order chi connectivity index (χ0) is 22.5. The lowest BCUT2D eigenvalue weighted by Crippen LogP contribution is -2.24. The predicted octanol–water partition coefficient (Wildman–Crippen LogP) is 4.11. The highest BCUT2D eigenvalue weighted by molar-refractivity contribution is 9.10. The fourth-order valence-electron chi connectivity index (χ4n) is 3.21. The van der Waals surface area contributed by atoms with Crippen molar-refractivity contribution in [2.75, 3.05) is 0 Å². The van der Waals surface area contributed by atoms with E-state index in [-0.39, 0.29) is 29.2 Å². The van der Waals surface area contributed by atoms with Gasteiger partial charge in [0.1, 0.15) is 4.47 Å². The third kappa shape index (κ3) is 4.92. The number of hydrogen-bond donors (Lipinski definition) is 1. The van der Waals surface area contributed by atoms with Gasteiger partial charge in [0.2, 0.25) is 5.91 Å². The molecule has 4 rings (SSSR count). The molecule has 1 N–H and O–H groups in total. The molecule has 0 aliphatic rings. The van der Waals surface area contributed by atoms with Crippen molar-refractivity contribution in [2.24, 2.45) is 0 Å². The molecule has 0 saturated heterocycles. The smallest absolute Gasteiger partial charge is 0.358 e. The number of halogens is 1. The molecule has 2 aromatic heterocycles. The van der Waals surface area contributed by atoms with E-state index < -0.39 is 4.92 Å². The molecule has 2 heterocycles. The summed E-state index contributed by atoms with van der Waals surface area (Å²) >= 11 is 3.10. The van der Waals surface area contributed by atoms with E-state index >= 15 is 0 Å². The number of carbonyl (C=O) groups is 1. The quantitative estimate of drug-likeness (QED) is 0.292. The normalized spacial score (nSPS) is 10.8. The average Bonchev–Trinajstić information content (AvgIpc) is 3.41. The van der Waals surface area contributed by atoms with Gasteiger partial charge in [0.05, 0.1) is 29.2 Å². The highest BCUT2D eigenvalue weighted by atomic mass is 79.9. The fourth-order valence-corrected chi connectivity index (χ4v) is 3.67. The van der Waals surface area contributed by atoms with Crippen LogP contribution < -0.4 is 5.32 Å². The van der Waals surface area contributed by atoms with E-state index in [1.54, 1.807) is 4.68 Å². The number of para-hydroxylation sites is 1. The SMILES string of the molecule is O=C(CCn1cc(Br)c([N+](=O)[O-])n1)NCc1cn(-c2ccccc2)nc1-c1ccccc1. The number of nitrogens with zero attached hydrogens (tertiary/aromatic N) is 5. The second-order valence-electron chi connectivity index (χ2n) is 7.00. The maximum absolute atomic E-state index is 12.4. The first kappa shape index (κ1) is 21.4. The molecule has 0 radical (unpaired) electrons. The molecule has 32 heavy (non-hydrogen) atoms. The van der Waals surface area contributed by atoms with Crippen LogP contribution in [0.1, 0.15) is 12.0 Å². The minimum Gasteiger partial charge on any atom is -0.358 e. The highest BCUT2D eigenvalue weighted by Crippen LogP contribution is 2.24. The number of rotatable bonds is 8. The molecule has 1 amide bonds. The Morgan fingerprint density at radius 3 is 2.38 bits per heavy atom. The summed E-state index contributed by atoms with van der Waals surface area (Å²) in [6, 6.07) is 19.5. The van der Waals surface area contributed by atoms with Gasteiger partial charge in [0.25, 0.3) is 0 Å². The molecule has 0 spiro atoms. The van der Waals surface area contributed by atoms with Crippen LogP contribution in [0.15, 0.2) is 77.5 Å². The Labute approximate surface area is 192 Å². The van der Waals surface area contributed by atoms with Gasteiger partial charge in [-0.25, -0.2) is 4.68 Å². The van der Waals surface area contributed by atoms with E-state index in [1.165, 1.54) is 10.9 Å². The number of aryl methyl sites for hydroxylation is 1. The minimum atomic E-state index is -0.573. The first-order valence-corrected chi connectivity index (χ1v) is 10.6. The summed E-state index contributed by atoms with van der Waals surface area (Å²) in [7, 11) is 0. The van der Waals surface area contributed by atoms with E-state index in [0.717, 1.165) is 22.5 Å². The van der Waals surface area contributed by atoms with E-state index in [4.69, 9.17) is 5.10 Å². The molecular weight excluding hydrogens is 476 g/mol. The maximum Gasteiger partial charge on any atom is 0.404 e. The van der Waals surface area contributed by atoms with Crippen molar-refractivity contribution in [1.29, 1.82) is 0 Å². The standard InChI is InChI=1S/C22H19BrN6O3/c23-19-15-27(26-22(19)29(31)32)12-11-20(30)24-13-17-14-28(18-9-5-2-6-10-18)25-21(17)16-7-3-1-4-8-16/h1-10,14-15H,11-13H2,(H,24,30). The van der Waals surface area contributed by atoms with Crippen LogP contribution in [0.25, 0.3) is 16.9 Å². The van der Waals surface area contributed by atoms with E-state index in [0.29, 0.717) is 6.54 Å². The Bertz CT molecular complexity index is 1240. The first-order chi connectivity index (χ1) is 15.5. The summed E-state index contributed by atoms with van der Waals surface area (Å²) in [6.45, 7) is 0.534. The number of carbonyl (C=O) groups excluding carboxylic acids is 1. The molecule has 0 unspecified atom stereocenters. The van der Waals surface area contributed by atoms with E-state index in [2.05, 4.69) is 26.3 Å². The summed E-state index contributed by atoms with van der Waals surface area (Å²) in [5.74, 6) is -0.461. The van der Waals surface area contributed by atoms with Gasteiger partial charge < -0.3 is 15.4 Å². The van der Waals surface area contributed by atoms with Gasteiger partial charge in [0.15, 0.2) is 0 Å². The third-order valence-corrected chi connectivity index (χ3v) is 5.33. The molecule has 0 aliphatic carbocycles. The van der Waals surface area contributed by atoms with Gasteiger partial charge in [0, 0.05) is 30.3 Å². The highest BCUT2D eigenvalue weighted by Gasteiger charge is 2.19. The van der Waals surface area contributed by atoms with Gasteiger partial charge in [-0.05, 0) is 33.0 Å². The van der Waals surface area contributed by atoms with Crippen LogP contribution >= 0.6 is 15.9 Å². The molecule has 4 aromatic rings. The number of benzene rings is 2. The number of nitro groups is 1. The average molecular weight is 495 g/mol. The molecule has 0 bridgehead atoms. The summed E-state index contributed by atoms with van der Waals surface area (Å²) in [4.78, 5) is 22.7. The van der Waals surface area contributed by atoms with Crippen molar-refractivity contribution < 1.29 is 9.72 Å². The van der Waals surface area contributed by atoms with Crippen LogP contribution in [0.2, 0.25) is 0 Å². The van der Waals surface area contributed by atoms with Gasteiger partial charge in [-0.3, -0.25) is 4.79 Å². The first-order valence-electron chi connectivity index (χ1n) is 9.84. The molecule has 9 nitrogen and oxygen atoms in total. The zero-order valence-corrected chi connectivity index (χ0v) is 18.5. The monoisotopic (exact) mass is 494 g/mol. The van der Waals surface area contributed by atoms with Gasteiger partial charge in [-0.2, -0.15) is 9.78 Å². The van der Waals surface area contributed by atoms with Crippen LogP contribution in [0.5, 0.6) is 0 Å². The maximum atomic E-state index is 12.4. The van der Waals surface area contributed by atoms with Crippen LogP contribution in [-0.4, -0.2) is 30.4 Å². The second-order valence-corrected chi connectivity index (χ2v) is 7.85. The van der Waals surface area contributed by atoms with Crippen molar-refractivity contribution in [3.8, 4) is 16.9 Å². The van der Waals surface area contributed by atoms with Crippen molar-refractivity contribution >= 4 is 27.7 Å². The van der Waals surface area contributed by atoms with Crippen molar-refractivity contribution in [3.05, 3.63) is 93.2 Å². The van der Waals surface area contributed by atoms with Crippen molar-refractivity contribution in [2.45, 2.75) is 19.5 Å². The number of nitrogens with one attached hydrogen (secondary N) is 1. The molecular formula is C22H19BrN6O3. The Hall–Kier alpha value is -3.79. The summed E-state index contributed by atoms with van der Waals surface area (Å²) in [6.07, 6.45) is 3.54. The fraction of sp³-hybridized carbons (Fsp3) is 0.136. The number of aromatic nitrogens is 4. The van der Waals surface area contributed by atoms with Crippen molar-refractivity contribution in [1.82, 2.24) is 24.9 Å². The zero-order valence-electron chi connectivity index (χ0n) is 16.9. The number of hydrogen-bond acceptors (Lipinski definition) is 5. The van der Waals surface area contributed by atoms with Gasteiger partial charge in [-0.1, -0.05) is 48.5 Å². The van der Waals surface area contributed by atoms with Gasteiger partial charge >= 0.3 is 5.82 Å². The molecule has 0 aliphatic heterocycles. The summed E-state index contributed by atoms with van der Waals surface area (Å²) in [5.41, 5.74) is 3.56. The molecule has 0 fully saturated rings. The molecule has 0 atom stereocenters. The van der Waals surface area contributed by atoms with E-state index in [9.17, 15) is 14.9 Å². The van der Waals surface area contributed by atoms with Gasteiger partial charge in [-0.15, -0.1) is 0 Å². The number of amides is 1. The Kier molecular flexibility index (Phi) is 6.41. The largest absolute Gasteiger partial charge is 0.404 e. The van der Waals surface area contributed by atoms with E-state index in [1.807, 2.05) is 66.9 Å². The molecule has 0 saturated carbocycles.